The largest absolute Gasteiger partial charge is 0.378 e. The molecule has 0 aliphatic rings. The Morgan fingerprint density at radius 3 is 2.80 bits per heavy atom. The summed E-state index contributed by atoms with van der Waals surface area (Å²) >= 11 is 6.11. The average Bonchev–Trinajstić information content (AvgIpc) is 2.48. The second-order valence-corrected chi connectivity index (χ2v) is 5.20. The molecule has 1 aromatic heterocycles. The predicted octanol–water partition coefficient (Wildman–Crippen LogP) is 4.81. The molecule has 0 atom stereocenters. The Bertz CT molecular complexity index is 748. The number of aryl methyl sites for hydroxylation is 1. The highest BCUT2D eigenvalue weighted by atomic mass is 35.5. The molecule has 100 valence electrons. The zero-order chi connectivity index (χ0) is 13.9. The van der Waals surface area contributed by atoms with E-state index in [0.29, 0.717) is 5.15 Å². The van der Waals surface area contributed by atoms with Crippen LogP contribution in [0.4, 0.5) is 5.69 Å². The maximum atomic E-state index is 6.11. The first-order chi connectivity index (χ1) is 9.74. The molecule has 0 amide bonds. The molecule has 0 saturated carbocycles. The standard InChI is InChI=1S/C17H15ClN2/c1-12-9-16(17(18)20-10-12)19-11-14-7-4-6-13-5-2-3-8-15(13)14/h2-10,19H,11H2,1H3. The number of rotatable bonds is 3. The highest BCUT2D eigenvalue weighted by Crippen LogP contribution is 2.23. The highest BCUT2D eigenvalue weighted by Gasteiger charge is 2.04. The van der Waals surface area contributed by atoms with Gasteiger partial charge in [-0.3, -0.25) is 0 Å². The third kappa shape index (κ3) is 2.61. The van der Waals surface area contributed by atoms with E-state index >= 15 is 0 Å². The molecular formula is C17H15ClN2. The number of pyridine rings is 1. The molecule has 1 heterocycles. The minimum atomic E-state index is 0.510. The molecule has 2 aromatic carbocycles. The second kappa shape index (κ2) is 5.51. The van der Waals surface area contributed by atoms with Gasteiger partial charge in [-0.1, -0.05) is 54.1 Å². The summed E-state index contributed by atoms with van der Waals surface area (Å²) in [5.74, 6) is 0. The molecule has 3 rings (SSSR count). The first-order valence-electron chi connectivity index (χ1n) is 6.57. The third-order valence-electron chi connectivity index (χ3n) is 3.33. The third-order valence-corrected chi connectivity index (χ3v) is 3.63. The summed E-state index contributed by atoms with van der Waals surface area (Å²) in [7, 11) is 0. The van der Waals surface area contributed by atoms with Crippen LogP contribution in [0.5, 0.6) is 0 Å². The summed E-state index contributed by atoms with van der Waals surface area (Å²) in [5.41, 5.74) is 3.22. The van der Waals surface area contributed by atoms with Crippen molar-refractivity contribution in [3.8, 4) is 0 Å². The Balaban J connectivity index is 1.89. The Kier molecular flexibility index (Phi) is 3.57. The summed E-state index contributed by atoms with van der Waals surface area (Å²) < 4.78 is 0. The van der Waals surface area contributed by atoms with Crippen LogP contribution in [0.25, 0.3) is 10.8 Å². The molecule has 0 unspecified atom stereocenters. The number of hydrogen-bond donors (Lipinski definition) is 1. The van der Waals surface area contributed by atoms with E-state index in [-0.39, 0.29) is 0 Å². The van der Waals surface area contributed by atoms with Gasteiger partial charge in [0, 0.05) is 12.7 Å². The number of nitrogens with zero attached hydrogens (tertiary/aromatic N) is 1. The van der Waals surface area contributed by atoms with Gasteiger partial charge in [-0.25, -0.2) is 4.98 Å². The molecule has 1 N–H and O–H groups in total. The molecule has 0 aliphatic carbocycles. The quantitative estimate of drug-likeness (QED) is 0.698. The van der Waals surface area contributed by atoms with Crippen molar-refractivity contribution in [1.82, 2.24) is 4.98 Å². The van der Waals surface area contributed by atoms with E-state index in [1.54, 1.807) is 6.20 Å². The molecule has 2 nitrogen and oxygen atoms in total. The fourth-order valence-electron chi connectivity index (χ4n) is 2.31. The lowest BCUT2D eigenvalue weighted by Gasteiger charge is -2.11. The van der Waals surface area contributed by atoms with Crippen molar-refractivity contribution in [2.45, 2.75) is 13.5 Å². The van der Waals surface area contributed by atoms with Crippen LogP contribution in [-0.2, 0) is 6.54 Å². The fourth-order valence-corrected chi connectivity index (χ4v) is 2.48. The Morgan fingerprint density at radius 2 is 1.90 bits per heavy atom. The van der Waals surface area contributed by atoms with Crippen LogP contribution >= 0.6 is 11.6 Å². The van der Waals surface area contributed by atoms with E-state index < -0.39 is 0 Å². The zero-order valence-electron chi connectivity index (χ0n) is 11.2. The predicted molar refractivity (Wildman–Crippen MR) is 85.3 cm³/mol. The molecule has 0 bridgehead atoms. The first-order valence-corrected chi connectivity index (χ1v) is 6.94. The molecule has 0 aliphatic heterocycles. The van der Waals surface area contributed by atoms with Gasteiger partial charge < -0.3 is 5.32 Å². The van der Waals surface area contributed by atoms with Gasteiger partial charge in [0.05, 0.1) is 5.69 Å². The van der Waals surface area contributed by atoms with E-state index in [0.717, 1.165) is 17.8 Å². The van der Waals surface area contributed by atoms with Crippen LogP contribution < -0.4 is 5.32 Å². The average molecular weight is 283 g/mol. The van der Waals surface area contributed by atoms with Crippen LogP contribution in [0.15, 0.2) is 54.7 Å². The van der Waals surface area contributed by atoms with E-state index in [4.69, 9.17) is 11.6 Å². The smallest absolute Gasteiger partial charge is 0.152 e. The van der Waals surface area contributed by atoms with E-state index in [2.05, 4.69) is 52.8 Å². The SMILES string of the molecule is Cc1cnc(Cl)c(NCc2cccc3ccccc23)c1. The van der Waals surface area contributed by atoms with Gasteiger partial charge in [-0.05, 0) is 34.9 Å². The molecule has 0 radical (unpaired) electrons. The van der Waals surface area contributed by atoms with Crippen molar-refractivity contribution in [2.24, 2.45) is 0 Å². The van der Waals surface area contributed by atoms with Crippen molar-refractivity contribution < 1.29 is 0 Å². The lowest BCUT2D eigenvalue weighted by atomic mass is 10.0. The van der Waals surface area contributed by atoms with Crippen LogP contribution in [0, 0.1) is 6.92 Å². The van der Waals surface area contributed by atoms with E-state index in [1.807, 2.05) is 13.0 Å². The Morgan fingerprint density at radius 1 is 1.10 bits per heavy atom. The normalized spacial score (nSPS) is 10.7. The topological polar surface area (TPSA) is 24.9 Å². The maximum Gasteiger partial charge on any atom is 0.152 e. The molecule has 20 heavy (non-hydrogen) atoms. The van der Waals surface area contributed by atoms with Crippen molar-refractivity contribution in [1.29, 1.82) is 0 Å². The summed E-state index contributed by atoms with van der Waals surface area (Å²) in [6, 6.07) is 16.7. The number of benzene rings is 2. The van der Waals surface area contributed by atoms with E-state index in [9.17, 15) is 0 Å². The fraction of sp³-hybridized carbons (Fsp3) is 0.118. The Hall–Kier alpha value is -2.06. The molecule has 0 spiro atoms. The summed E-state index contributed by atoms with van der Waals surface area (Å²) in [6.07, 6.45) is 1.77. The van der Waals surface area contributed by atoms with Crippen LogP contribution in [0.2, 0.25) is 5.15 Å². The van der Waals surface area contributed by atoms with Crippen LogP contribution in [0.1, 0.15) is 11.1 Å². The minimum Gasteiger partial charge on any atom is -0.378 e. The van der Waals surface area contributed by atoms with Gasteiger partial charge >= 0.3 is 0 Å². The number of nitrogens with one attached hydrogen (secondary N) is 1. The van der Waals surface area contributed by atoms with Crippen LogP contribution in [-0.4, -0.2) is 4.98 Å². The molecule has 0 saturated heterocycles. The minimum absolute atomic E-state index is 0.510. The summed E-state index contributed by atoms with van der Waals surface area (Å²) in [5, 5.41) is 6.39. The monoisotopic (exact) mass is 282 g/mol. The lowest BCUT2D eigenvalue weighted by Crippen LogP contribution is -2.01. The van der Waals surface area contributed by atoms with Crippen molar-refractivity contribution >= 4 is 28.1 Å². The highest BCUT2D eigenvalue weighted by molar-refractivity contribution is 6.31. The molecule has 3 aromatic rings. The maximum absolute atomic E-state index is 6.11. The van der Waals surface area contributed by atoms with Gasteiger partial charge in [0.1, 0.15) is 0 Å². The van der Waals surface area contributed by atoms with Crippen molar-refractivity contribution in [3.63, 3.8) is 0 Å². The number of halogens is 1. The zero-order valence-corrected chi connectivity index (χ0v) is 12.0. The second-order valence-electron chi connectivity index (χ2n) is 4.84. The van der Waals surface area contributed by atoms with Gasteiger partial charge in [0.2, 0.25) is 0 Å². The van der Waals surface area contributed by atoms with Gasteiger partial charge in [0.15, 0.2) is 5.15 Å². The number of fused-ring (bicyclic) bond motifs is 1. The molecular weight excluding hydrogens is 268 g/mol. The Labute approximate surface area is 123 Å². The van der Waals surface area contributed by atoms with E-state index in [1.165, 1.54) is 16.3 Å². The summed E-state index contributed by atoms with van der Waals surface area (Å²) in [4.78, 5) is 4.16. The number of anilines is 1. The lowest BCUT2D eigenvalue weighted by molar-refractivity contribution is 1.14. The van der Waals surface area contributed by atoms with Crippen molar-refractivity contribution in [3.05, 3.63) is 71.0 Å². The number of aromatic nitrogens is 1. The number of hydrogen-bond acceptors (Lipinski definition) is 2. The van der Waals surface area contributed by atoms with Gasteiger partial charge in [-0.2, -0.15) is 0 Å². The van der Waals surface area contributed by atoms with Gasteiger partial charge in [-0.15, -0.1) is 0 Å². The molecule has 0 fully saturated rings. The van der Waals surface area contributed by atoms with Gasteiger partial charge in [0.25, 0.3) is 0 Å². The summed E-state index contributed by atoms with van der Waals surface area (Å²) in [6.45, 7) is 2.73. The van der Waals surface area contributed by atoms with Crippen LogP contribution in [0.3, 0.4) is 0 Å². The van der Waals surface area contributed by atoms with Crippen molar-refractivity contribution in [2.75, 3.05) is 5.32 Å². The molecule has 3 heteroatoms. The first kappa shape index (κ1) is 12.9.